The molecule has 184 valence electrons. The van der Waals surface area contributed by atoms with E-state index in [4.69, 9.17) is 0 Å². The van der Waals surface area contributed by atoms with Crippen molar-refractivity contribution in [3.63, 3.8) is 0 Å². The van der Waals surface area contributed by atoms with Crippen LogP contribution in [0.2, 0.25) is 0 Å². The van der Waals surface area contributed by atoms with Crippen LogP contribution in [-0.4, -0.2) is 75.5 Å². The van der Waals surface area contributed by atoms with E-state index in [0.29, 0.717) is 25.9 Å². The van der Waals surface area contributed by atoms with E-state index in [9.17, 15) is 26.0 Å². The number of hydrogen-bond acceptors (Lipinski definition) is 5. The van der Waals surface area contributed by atoms with Gasteiger partial charge in [0.05, 0.1) is 10.6 Å². The lowest BCUT2D eigenvalue weighted by molar-refractivity contribution is -0.137. The maximum atomic E-state index is 13.9. The molecule has 2 aromatic rings. The summed E-state index contributed by atoms with van der Waals surface area (Å²) >= 11 is 0. The first kappa shape index (κ1) is 24.8. The summed E-state index contributed by atoms with van der Waals surface area (Å²) < 4.78 is 67.6. The molecule has 11 heteroatoms. The van der Waals surface area contributed by atoms with E-state index < -0.39 is 31.6 Å². The molecule has 2 aromatic carbocycles. The minimum absolute atomic E-state index is 0.0667. The van der Waals surface area contributed by atoms with Gasteiger partial charge in [0, 0.05) is 50.7 Å². The van der Waals surface area contributed by atoms with Crippen LogP contribution in [0.1, 0.15) is 18.4 Å². The lowest BCUT2D eigenvalue weighted by atomic mass is 9.96. The Balaban J connectivity index is 1.30. The van der Waals surface area contributed by atoms with Crippen molar-refractivity contribution in [2.45, 2.75) is 23.5 Å². The molecule has 0 bridgehead atoms. The summed E-state index contributed by atoms with van der Waals surface area (Å²) in [5, 5.41) is 0. The Bertz CT molecular complexity index is 1220. The second kappa shape index (κ2) is 10.1. The number of amides is 1. The second-order valence-electron chi connectivity index (χ2n) is 8.56. The van der Waals surface area contributed by atoms with Gasteiger partial charge in [-0.25, -0.2) is 25.5 Å². The highest BCUT2D eigenvalue weighted by atomic mass is 32.2. The van der Waals surface area contributed by atoms with Gasteiger partial charge in [-0.3, -0.25) is 4.79 Å². The predicted octanol–water partition coefficient (Wildman–Crippen LogP) is 1.90. The number of hydrogen-bond donors (Lipinski definition) is 0. The van der Waals surface area contributed by atoms with Gasteiger partial charge in [-0.1, -0.05) is 36.4 Å². The van der Waals surface area contributed by atoms with Crippen molar-refractivity contribution >= 4 is 26.0 Å². The summed E-state index contributed by atoms with van der Waals surface area (Å²) in [6.45, 7) is 1.45. The van der Waals surface area contributed by atoms with Crippen LogP contribution in [0.15, 0.2) is 59.5 Å². The number of carbonyl (C=O) groups is 1. The van der Waals surface area contributed by atoms with Crippen LogP contribution in [0.25, 0.3) is 0 Å². The smallest absolute Gasteiger partial charge is 0.243 e. The van der Waals surface area contributed by atoms with Gasteiger partial charge in [0.1, 0.15) is 5.82 Å². The highest BCUT2D eigenvalue weighted by Gasteiger charge is 2.36. The molecule has 2 aliphatic heterocycles. The number of sulfonamides is 2. The molecule has 4 rings (SSSR count). The average Bonchev–Trinajstić information content (AvgIpc) is 2.85. The third-order valence-electron chi connectivity index (χ3n) is 6.42. The minimum Gasteiger partial charge on any atom is -0.340 e. The van der Waals surface area contributed by atoms with Gasteiger partial charge in [0.25, 0.3) is 0 Å². The fourth-order valence-corrected chi connectivity index (χ4v) is 7.45. The van der Waals surface area contributed by atoms with Gasteiger partial charge in [-0.2, -0.15) is 4.31 Å². The van der Waals surface area contributed by atoms with Gasteiger partial charge < -0.3 is 4.90 Å². The van der Waals surface area contributed by atoms with Crippen LogP contribution in [0, 0.1) is 11.7 Å². The highest BCUT2D eigenvalue weighted by Crippen LogP contribution is 2.25. The summed E-state index contributed by atoms with van der Waals surface area (Å²) in [6.07, 6.45) is 0.774. The number of piperidine rings is 1. The summed E-state index contributed by atoms with van der Waals surface area (Å²) in [5.74, 6) is -1.33. The van der Waals surface area contributed by atoms with Crippen molar-refractivity contribution in [2.24, 2.45) is 5.92 Å². The molecule has 8 nitrogen and oxygen atoms in total. The molecule has 2 heterocycles. The zero-order chi connectivity index (χ0) is 24.3. The van der Waals surface area contributed by atoms with Crippen molar-refractivity contribution in [1.82, 2.24) is 13.5 Å². The van der Waals surface area contributed by atoms with Crippen LogP contribution in [-0.2, 0) is 30.6 Å². The number of nitrogens with zero attached hydrogens (tertiary/aromatic N) is 3. The first-order valence-electron chi connectivity index (χ1n) is 11.2. The molecule has 0 aliphatic carbocycles. The molecule has 0 spiro atoms. The largest absolute Gasteiger partial charge is 0.340 e. The third kappa shape index (κ3) is 5.32. The standard InChI is InChI=1S/C23H28FN3O5S2/c24-22-9-5-4-6-20(22)18-33(29,30)26-12-10-19(11-13-26)23(28)25-14-16-27(17-15-25)34(31,32)21-7-2-1-3-8-21/h1-9,19H,10-18H2. The summed E-state index contributed by atoms with van der Waals surface area (Å²) in [7, 11) is -7.28. The van der Waals surface area contributed by atoms with E-state index >= 15 is 0 Å². The van der Waals surface area contributed by atoms with Crippen molar-refractivity contribution in [1.29, 1.82) is 0 Å². The van der Waals surface area contributed by atoms with Crippen molar-refractivity contribution in [3.05, 3.63) is 66.0 Å². The van der Waals surface area contributed by atoms with Crippen molar-refractivity contribution in [3.8, 4) is 0 Å². The Morgan fingerprint density at radius 3 is 2.00 bits per heavy atom. The van der Waals surface area contributed by atoms with Crippen LogP contribution in [0.3, 0.4) is 0 Å². The van der Waals surface area contributed by atoms with E-state index in [1.807, 2.05) is 0 Å². The molecule has 2 fully saturated rings. The molecule has 0 unspecified atom stereocenters. The molecule has 2 saturated heterocycles. The fraction of sp³-hybridized carbons (Fsp3) is 0.435. The zero-order valence-corrected chi connectivity index (χ0v) is 20.3. The Hall–Kier alpha value is -2.34. The van der Waals surface area contributed by atoms with E-state index in [-0.39, 0.29) is 48.5 Å². The Morgan fingerprint density at radius 1 is 0.794 bits per heavy atom. The van der Waals surface area contributed by atoms with E-state index in [1.165, 1.54) is 26.8 Å². The van der Waals surface area contributed by atoms with Crippen molar-refractivity contribution < 1.29 is 26.0 Å². The van der Waals surface area contributed by atoms with Gasteiger partial charge in [0.2, 0.25) is 26.0 Å². The van der Waals surface area contributed by atoms with Crippen molar-refractivity contribution in [2.75, 3.05) is 39.3 Å². The van der Waals surface area contributed by atoms with Gasteiger partial charge in [-0.05, 0) is 31.0 Å². The second-order valence-corrected chi connectivity index (χ2v) is 12.5. The number of rotatable bonds is 6. The molecule has 0 saturated carbocycles. The Morgan fingerprint density at radius 2 is 1.38 bits per heavy atom. The summed E-state index contributed by atoms with van der Waals surface area (Å²) in [6, 6.07) is 14.0. The number of carbonyl (C=O) groups excluding carboxylic acids is 1. The number of benzene rings is 2. The maximum absolute atomic E-state index is 13.9. The molecule has 0 atom stereocenters. The zero-order valence-electron chi connectivity index (χ0n) is 18.7. The quantitative estimate of drug-likeness (QED) is 0.593. The monoisotopic (exact) mass is 509 g/mol. The Kier molecular flexibility index (Phi) is 7.36. The van der Waals surface area contributed by atoms with Crippen LogP contribution in [0.5, 0.6) is 0 Å². The first-order valence-corrected chi connectivity index (χ1v) is 14.3. The third-order valence-corrected chi connectivity index (χ3v) is 10.2. The van der Waals surface area contributed by atoms with Crippen LogP contribution >= 0.6 is 0 Å². The summed E-state index contributed by atoms with van der Waals surface area (Å²) in [5.41, 5.74) is 0.129. The van der Waals surface area contributed by atoms with Gasteiger partial charge >= 0.3 is 0 Å². The topological polar surface area (TPSA) is 95.1 Å². The molecule has 0 aromatic heterocycles. The van der Waals surface area contributed by atoms with Crippen LogP contribution in [0.4, 0.5) is 4.39 Å². The molecular formula is C23H28FN3O5S2. The maximum Gasteiger partial charge on any atom is 0.243 e. The van der Waals surface area contributed by atoms with Crippen LogP contribution < -0.4 is 0 Å². The molecule has 0 N–H and O–H groups in total. The van der Waals surface area contributed by atoms with E-state index in [0.717, 1.165) is 0 Å². The molecule has 1 amide bonds. The highest BCUT2D eigenvalue weighted by molar-refractivity contribution is 7.89. The average molecular weight is 510 g/mol. The van der Waals surface area contributed by atoms with E-state index in [1.54, 1.807) is 41.3 Å². The lowest BCUT2D eigenvalue weighted by Crippen LogP contribution is -2.53. The fourth-order valence-electron chi connectivity index (χ4n) is 4.43. The normalized spacial score (nSPS) is 19.3. The molecule has 34 heavy (non-hydrogen) atoms. The van der Waals surface area contributed by atoms with Gasteiger partial charge in [0.15, 0.2) is 0 Å². The predicted molar refractivity (Wildman–Crippen MR) is 125 cm³/mol. The Labute approximate surface area is 200 Å². The van der Waals surface area contributed by atoms with Gasteiger partial charge in [-0.15, -0.1) is 0 Å². The minimum atomic E-state index is -3.69. The molecule has 0 radical (unpaired) electrons. The number of piperazine rings is 1. The van der Waals surface area contributed by atoms with E-state index in [2.05, 4.69) is 0 Å². The molecular weight excluding hydrogens is 481 g/mol. The summed E-state index contributed by atoms with van der Waals surface area (Å²) in [4.78, 5) is 14.9. The SMILES string of the molecule is O=C(C1CCN(S(=O)(=O)Cc2ccccc2F)CC1)N1CCN(S(=O)(=O)c2ccccc2)CC1. The lowest BCUT2D eigenvalue weighted by Gasteiger charge is -2.37. The first-order chi connectivity index (χ1) is 16.2. The number of halogens is 1. The molecule has 2 aliphatic rings.